The van der Waals surface area contributed by atoms with E-state index in [1.807, 2.05) is 71.9 Å². The Morgan fingerprint density at radius 3 is 2.00 bits per heavy atom. The minimum Gasteiger partial charge on any atom is -0.300 e. The van der Waals surface area contributed by atoms with Gasteiger partial charge in [-0.3, -0.25) is 0 Å². The van der Waals surface area contributed by atoms with Crippen LogP contribution in [0.5, 0.6) is 0 Å². The molecule has 3 nitrogen and oxygen atoms in total. The third-order valence-corrected chi connectivity index (χ3v) is 3.31. The predicted octanol–water partition coefficient (Wildman–Crippen LogP) is 4.96. The minimum absolute atomic E-state index is 0.257. The number of hydrazone groups is 1. The zero-order valence-corrected chi connectivity index (χ0v) is 13.0. The standard InChI is InChI=1S/C19H22N2O/c1-17(22)11-5-4-10-16-20-21(18-12-6-2-7-13-18)19-14-8-3-9-15-19/h2-3,6-9,12-16H,4-5,10-11H2,1H3/b20-16+. The highest BCUT2D eigenvalue weighted by atomic mass is 16.1. The van der Waals surface area contributed by atoms with E-state index in [-0.39, 0.29) is 5.78 Å². The second-order valence-corrected chi connectivity index (χ2v) is 5.23. The molecule has 3 heteroatoms. The van der Waals surface area contributed by atoms with Gasteiger partial charge in [-0.05, 0) is 50.5 Å². The lowest BCUT2D eigenvalue weighted by Gasteiger charge is -2.19. The van der Waals surface area contributed by atoms with Crippen LogP contribution in [0, 0.1) is 0 Å². The van der Waals surface area contributed by atoms with Crippen molar-refractivity contribution in [3.8, 4) is 0 Å². The molecule has 2 aromatic rings. The quantitative estimate of drug-likeness (QED) is 0.391. The van der Waals surface area contributed by atoms with E-state index in [1.54, 1.807) is 6.92 Å². The first-order chi connectivity index (χ1) is 10.8. The summed E-state index contributed by atoms with van der Waals surface area (Å²) in [6.45, 7) is 1.64. The Labute approximate surface area is 132 Å². The summed E-state index contributed by atoms with van der Waals surface area (Å²) in [5.74, 6) is 0.257. The number of anilines is 2. The van der Waals surface area contributed by atoms with Crippen molar-refractivity contribution < 1.29 is 4.79 Å². The van der Waals surface area contributed by atoms with Crippen LogP contribution in [0.1, 0.15) is 32.6 Å². The highest BCUT2D eigenvalue weighted by Crippen LogP contribution is 2.24. The van der Waals surface area contributed by atoms with Gasteiger partial charge in [-0.2, -0.15) is 5.10 Å². The van der Waals surface area contributed by atoms with Crippen molar-refractivity contribution >= 4 is 23.4 Å². The summed E-state index contributed by atoms with van der Waals surface area (Å²) in [6, 6.07) is 20.2. The molecule has 0 N–H and O–H groups in total. The lowest BCUT2D eigenvalue weighted by Crippen LogP contribution is -2.08. The monoisotopic (exact) mass is 294 g/mol. The molecule has 0 aliphatic rings. The second kappa shape index (κ2) is 8.78. The van der Waals surface area contributed by atoms with E-state index < -0.39 is 0 Å². The molecule has 0 unspecified atom stereocenters. The average Bonchev–Trinajstić information content (AvgIpc) is 2.55. The molecule has 0 aliphatic heterocycles. The number of carbonyl (C=O) groups is 1. The van der Waals surface area contributed by atoms with Gasteiger partial charge in [0.2, 0.25) is 0 Å². The molecule has 22 heavy (non-hydrogen) atoms. The Morgan fingerprint density at radius 1 is 0.955 bits per heavy atom. The van der Waals surface area contributed by atoms with Crippen LogP contribution in [-0.4, -0.2) is 12.0 Å². The summed E-state index contributed by atoms with van der Waals surface area (Å²) < 4.78 is 0. The maximum Gasteiger partial charge on any atom is 0.129 e. The first-order valence-electron chi connectivity index (χ1n) is 7.69. The van der Waals surface area contributed by atoms with Crippen LogP contribution in [0.2, 0.25) is 0 Å². The Kier molecular flexibility index (Phi) is 6.37. The van der Waals surface area contributed by atoms with Crippen LogP contribution in [0.4, 0.5) is 11.4 Å². The summed E-state index contributed by atoms with van der Waals surface area (Å²) in [5.41, 5.74) is 2.07. The number of ketones is 1. The fourth-order valence-electron chi connectivity index (χ4n) is 2.17. The van der Waals surface area contributed by atoms with Gasteiger partial charge in [0.15, 0.2) is 0 Å². The van der Waals surface area contributed by atoms with Crippen LogP contribution < -0.4 is 5.01 Å². The third-order valence-electron chi connectivity index (χ3n) is 3.31. The SMILES string of the molecule is CC(=O)CCCC/C=N/N(c1ccccc1)c1ccccc1. The van der Waals surface area contributed by atoms with E-state index in [0.29, 0.717) is 6.42 Å². The fraction of sp³-hybridized carbons (Fsp3) is 0.263. The zero-order chi connectivity index (χ0) is 15.6. The summed E-state index contributed by atoms with van der Waals surface area (Å²) in [4.78, 5) is 10.9. The molecule has 0 aliphatic carbocycles. The number of benzene rings is 2. The summed E-state index contributed by atoms with van der Waals surface area (Å²) in [6.07, 6.45) is 5.39. The molecule has 0 spiro atoms. The first-order valence-corrected chi connectivity index (χ1v) is 7.69. The van der Waals surface area contributed by atoms with E-state index in [2.05, 4.69) is 5.10 Å². The van der Waals surface area contributed by atoms with Crippen LogP contribution in [-0.2, 0) is 4.79 Å². The Hall–Kier alpha value is -2.42. The van der Waals surface area contributed by atoms with E-state index in [9.17, 15) is 4.79 Å². The number of hydrogen-bond donors (Lipinski definition) is 0. The first kappa shape index (κ1) is 16.0. The average molecular weight is 294 g/mol. The van der Waals surface area contributed by atoms with Gasteiger partial charge in [-0.15, -0.1) is 0 Å². The fourth-order valence-corrected chi connectivity index (χ4v) is 2.17. The van der Waals surface area contributed by atoms with Crippen LogP contribution >= 0.6 is 0 Å². The molecule has 0 fully saturated rings. The highest BCUT2D eigenvalue weighted by molar-refractivity contribution is 5.75. The molecule has 2 rings (SSSR count). The van der Waals surface area contributed by atoms with Gasteiger partial charge in [-0.1, -0.05) is 36.4 Å². The van der Waals surface area contributed by atoms with Crippen molar-refractivity contribution in [3.63, 3.8) is 0 Å². The molecule has 2 aromatic carbocycles. The summed E-state index contributed by atoms with van der Waals surface area (Å²) in [7, 11) is 0. The van der Waals surface area contributed by atoms with Crippen LogP contribution in [0.15, 0.2) is 65.8 Å². The van der Waals surface area contributed by atoms with E-state index in [4.69, 9.17) is 0 Å². The lowest BCUT2D eigenvalue weighted by atomic mass is 10.1. The molecule has 0 atom stereocenters. The van der Waals surface area contributed by atoms with Gasteiger partial charge in [0.1, 0.15) is 5.78 Å². The van der Waals surface area contributed by atoms with E-state index in [0.717, 1.165) is 30.6 Å². The van der Waals surface area contributed by atoms with Gasteiger partial charge in [0, 0.05) is 12.6 Å². The number of unbranched alkanes of at least 4 members (excludes halogenated alkanes) is 2. The zero-order valence-electron chi connectivity index (χ0n) is 13.0. The smallest absolute Gasteiger partial charge is 0.129 e. The molecule has 114 valence electrons. The summed E-state index contributed by atoms with van der Waals surface area (Å²) >= 11 is 0. The van der Waals surface area contributed by atoms with Crippen molar-refractivity contribution in [2.24, 2.45) is 5.10 Å². The second-order valence-electron chi connectivity index (χ2n) is 5.23. The van der Waals surface area contributed by atoms with Crippen molar-refractivity contribution in [2.75, 3.05) is 5.01 Å². The van der Waals surface area contributed by atoms with Crippen LogP contribution in [0.3, 0.4) is 0 Å². The van der Waals surface area contributed by atoms with Crippen LogP contribution in [0.25, 0.3) is 0 Å². The minimum atomic E-state index is 0.257. The van der Waals surface area contributed by atoms with Gasteiger partial charge in [-0.25, -0.2) is 5.01 Å². The number of hydrogen-bond acceptors (Lipinski definition) is 3. The van der Waals surface area contributed by atoms with Crippen molar-refractivity contribution in [2.45, 2.75) is 32.6 Å². The Morgan fingerprint density at radius 2 is 1.50 bits per heavy atom. The highest BCUT2D eigenvalue weighted by Gasteiger charge is 2.05. The molecule has 0 saturated heterocycles. The van der Waals surface area contributed by atoms with Gasteiger partial charge in [0.25, 0.3) is 0 Å². The normalized spacial score (nSPS) is 10.8. The molecule has 0 saturated carbocycles. The molecule has 0 amide bonds. The van der Waals surface area contributed by atoms with E-state index in [1.165, 1.54) is 0 Å². The van der Waals surface area contributed by atoms with Crippen molar-refractivity contribution in [1.29, 1.82) is 0 Å². The largest absolute Gasteiger partial charge is 0.300 e. The number of para-hydroxylation sites is 2. The molecular formula is C19H22N2O. The third kappa shape index (κ3) is 5.17. The lowest BCUT2D eigenvalue weighted by molar-refractivity contribution is -0.117. The maximum atomic E-state index is 10.9. The number of Topliss-reactive ketones (excluding diaryl/α,β-unsaturated/α-hetero) is 1. The topological polar surface area (TPSA) is 32.7 Å². The van der Waals surface area contributed by atoms with E-state index >= 15 is 0 Å². The number of nitrogens with zero attached hydrogens (tertiary/aromatic N) is 2. The van der Waals surface area contributed by atoms with Gasteiger partial charge < -0.3 is 4.79 Å². The predicted molar refractivity (Wildman–Crippen MR) is 92.7 cm³/mol. The number of rotatable bonds is 8. The molecule has 0 radical (unpaired) electrons. The number of carbonyl (C=O) groups excluding carboxylic acids is 1. The maximum absolute atomic E-state index is 10.9. The van der Waals surface area contributed by atoms with Crippen molar-refractivity contribution in [3.05, 3.63) is 60.7 Å². The molecule has 0 bridgehead atoms. The molecule has 0 aromatic heterocycles. The molecule has 0 heterocycles. The van der Waals surface area contributed by atoms with Gasteiger partial charge >= 0.3 is 0 Å². The summed E-state index contributed by atoms with van der Waals surface area (Å²) in [5, 5.41) is 6.54. The van der Waals surface area contributed by atoms with Gasteiger partial charge in [0.05, 0.1) is 11.4 Å². The van der Waals surface area contributed by atoms with Crippen molar-refractivity contribution in [1.82, 2.24) is 0 Å². The molecular weight excluding hydrogens is 272 g/mol. The Bertz CT molecular complexity index is 554. The Balaban J connectivity index is 2.01.